The summed E-state index contributed by atoms with van der Waals surface area (Å²) in [5.41, 5.74) is 1.52. The molecule has 1 aliphatic rings. The van der Waals surface area contributed by atoms with Crippen LogP contribution in [0.1, 0.15) is 43.7 Å². The molecule has 1 aromatic carbocycles. The first kappa shape index (κ1) is 23.1. The molecule has 0 bridgehead atoms. The van der Waals surface area contributed by atoms with E-state index in [2.05, 4.69) is 22.5 Å². The van der Waals surface area contributed by atoms with Crippen LogP contribution in [0.3, 0.4) is 0 Å². The van der Waals surface area contributed by atoms with Crippen molar-refractivity contribution in [3.05, 3.63) is 35.1 Å². The minimum atomic E-state index is -3.18. The summed E-state index contributed by atoms with van der Waals surface area (Å²) >= 11 is 0. The van der Waals surface area contributed by atoms with Crippen LogP contribution in [0.2, 0.25) is 0 Å². The fraction of sp³-hybridized carbons (Fsp3) is 0.611. The van der Waals surface area contributed by atoms with Gasteiger partial charge in [0.15, 0.2) is 15.8 Å². The third-order valence-corrected chi connectivity index (χ3v) is 5.58. The lowest BCUT2D eigenvalue weighted by atomic mass is 9.89. The quantitative estimate of drug-likeness (QED) is 0.360. The molecule has 0 spiro atoms. The fourth-order valence-corrected chi connectivity index (χ4v) is 4.13. The van der Waals surface area contributed by atoms with Gasteiger partial charge in [-0.25, -0.2) is 12.8 Å². The predicted molar refractivity (Wildman–Crippen MR) is 115 cm³/mol. The minimum Gasteiger partial charge on any atom is -0.356 e. The van der Waals surface area contributed by atoms with Crippen LogP contribution in [-0.4, -0.2) is 34.2 Å². The van der Waals surface area contributed by atoms with Crippen molar-refractivity contribution in [2.24, 2.45) is 10.4 Å². The second-order valence-electron chi connectivity index (χ2n) is 7.28. The molecular weight excluding hydrogens is 468 g/mol. The summed E-state index contributed by atoms with van der Waals surface area (Å²) in [6, 6.07) is 4.19. The van der Waals surface area contributed by atoms with Crippen molar-refractivity contribution in [1.29, 1.82) is 0 Å². The zero-order chi connectivity index (χ0) is 18.5. The molecule has 0 unspecified atom stereocenters. The van der Waals surface area contributed by atoms with Gasteiger partial charge in [0.1, 0.15) is 5.82 Å². The molecule has 1 saturated carbocycles. The molecule has 26 heavy (non-hydrogen) atoms. The Labute approximate surface area is 173 Å². The normalized spacial score (nSPS) is 16.8. The molecule has 0 radical (unpaired) electrons. The second-order valence-corrected chi connectivity index (χ2v) is 9.42. The Bertz CT molecular complexity index is 732. The second kappa shape index (κ2) is 9.87. The summed E-state index contributed by atoms with van der Waals surface area (Å²) < 4.78 is 36.7. The van der Waals surface area contributed by atoms with E-state index in [0.29, 0.717) is 23.6 Å². The van der Waals surface area contributed by atoms with Crippen LogP contribution in [0.5, 0.6) is 0 Å². The molecule has 2 rings (SSSR count). The van der Waals surface area contributed by atoms with Crippen molar-refractivity contribution in [3.8, 4) is 0 Å². The molecule has 1 aliphatic carbocycles. The first-order chi connectivity index (χ1) is 11.7. The lowest BCUT2D eigenvalue weighted by molar-refractivity contribution is 0.334. The van der Waals surface area contributed by atoms with Crippen molar-refractivity contribution in [2.75, 3.05) is 19.8 Å². The molecule has 1 fully saturated rings. The number of benzene rings is 1. The van der Waals surface area contributed by atoms with E-state index in [1.165, 1.54) is 50.1 Å². The monoisotopic (exact) mass is 497 g/mol. The summed E-state index contributed by atoms with van der Waals surface area (Å²) in [5, 5.41) is 6.49. The number of guanidine groups is 1. The lowest BCUT2D eigenvalue weighted by Crippen LogP contribution is -2.41. The smallest absolute Gasteiger partial charge is 0.191 e. The number of sulfone groups is 1. The van der Waals surface area contributed by atoms with Crippen LogP contribution in [0.15, 0.2) is 23.2 Å². The van der Waals surface area contributed by atoms with E-state index >= 15 is 0 Å². The highest BCUT2D eigenvalue weighted by atomic mass is 127. The molecule has 0 heterocycles. The van der Waals surface area contributed by atoms with Crippen LogP contribution in [0, 0.1) is 11.2 Å². The number of hydrogen-bond acceptors (Lipinski definition) is 3. The lowest BCUT2D eigenvalue weighted by Gasteiger charge is -2.25. The van der Waals surface area contributed by atoms with Crippen LogP contribution in [0.25, 0.3) is 0 Å². The highest BCUT2D eigenvalue weighted by Crippen LogP contribution is 2.36. The molecule has 0 aliphatic heterocycles. The van der Waals surface area contributed by atoms with Crippen molar-refractivity contribution >= 4 is 39.8 Å². The number of rotatable bonds is 6. The van der Waals surface area contributed by atoms with Crippen LogP contribution < -0.4 is 10.6 Å². The van der Waals surface area contributed by atoms with Gasteiger partial charge in [0, 0.05) is 26.4 Å². The highest BCUT2D eigenvalue weighted by Gasteiger charge is 2.28. The van der Waals surface area contributed by atoms with E-state index in [9.17, 15) is 12.8 Å². The van der Waals surface area contributed by atoms with E-state index < -0.39 is 9.84 Å². The van der Waals surface area contributed by atoms with Crippen molar-refractivity contribution in [2.45, 2.75) is 44.9 Å². The number of halogens is 2. The van der Waals surface area contributed by atoms with E-state index in [0.717, 1.165) is 6.54 Å². The topological polar surface area (TPSA) is 70.6 Å². The Balaban J connectivity index is 0.00000338. The van der Waals surface area contributed by atoms with Gasteiger partial charge in [-0.2, -0.15) is 0 Å². The molecule has 1 aromatic rings. The summed E-state index contributed by atoms with van der Waals surface area (Å²) in [6.07, 6.45) is 6.12. The number of hydrogen-bond donors (Lipinski definition) is 2. The van der Waals surface area contributed by atoms with Crippen molar-refractivity contribution < 1.29 is 12.8 Å². The van der Waals surface area contributed by atoms with Gasteiger partial charge < -0.3 is 10.6 Å². The standard InChI is InChI=1S/C18H28FN3O2S.HI/c1-18(8-4-5-9-18)13-22-17(20-2)21-11-15-10-16(19)7-6-14(15)12-25(3,23)24;/h6-7,10H,4-5,8-9,11-13H2,1-3H3,(H2,20,21,22);1H. The number of nitrogens with one attached hydrogen (secondary N) is 2. The minimum absolute atomic E-state index is 0. The van der Waals surface area contributed by atoms with Gasteiger partial charge in [-0.3, -0.25) is 4.99 Å². The van der Waals surface area contributed by atoms with Gasteiger partial charge in [-0.15, -0.1) is 24.0 Å². The maximum atomic E-state index is 13.6. The van der Waals surface area contributed by atoms with Gasteiger partial charge in [0.2, 0.25) is 0 Å². The third kappa shape index (κ3) is 7.38. The SMILES string of the molecule is CN=C(NCc1cc(F)ccc1CS(C)(=O)=O)NCC1(C)CCCC1.I. The summed E-state index contributed by atoms with van der Waals surface area (Å²) in [6.45, 7) is 3.43. The predicted octanol–water partition coefficient (Wildman–Crippen LogP) is 3.23. The number of nitrogens with zero attached hydrogens (tertiary/aromatic N) is 1. The van der Waals surface area contributed by atoms with Gasteiger partial charge in [-0.1, -0.05) is 25.8 Å². The van der Waals surface area contributed by atoms with Crippen molar-refractivity contribution in [1.82, 2.24) is 10.6 Å². The first-order valence-corrected chi connectivity index (χ1v) is 10.7. The fourth-order valence-electron chi connectivity index (χ4n) is 3.28. The average molecular weight is 497 g/mol. The zero-order valence-electron chi connectivity index (χ0n) is 15.6. The maximum absolute atomic E-state index is 13.6. The van der Waals surface area contributed by atoms with Crippen LogP contribution in [-0.2, 0) is 22.1 Å². The first-order valence-electron chi connectivity index (χ1n) is 8.60. The molecule has 0 saturated heterocycles. The summed E-state index contributed by atoms with van der Waals surface area (Å²) in [4.78, 5) is 4.20. The summed E-state index contributed by atoms with van der Waals surface area (Å²) in [7, 11) is -1.49. The highest BCUT2D eigenvalue weighted by molar-refractivity contribution is 14.0. The molecule has 0 aromatic heterocycles. The number of aliphatic imine (C=N–C) groups is 1. The maximum Gasteiger partial charge on any atom is 0.191 e. The Morgan fingerprint density at radius 2 is 1.88 bits per heavy atom. The van der Waals surface area contributed by atoms with Crippen LogP contribution in [0.4, 0.5) is 4.39 Å². The van der Waals surface area contributed by atoms with E-state index in [1.807, 2.05) is 0 Å². The molecule has 0 amide bonds. The molecule has 0 atom stereocenters. The Kier molecular flexibility index (Phi) is 8.78. The Morgan fingerprint density at radius 1 is 1.23 bits per heavy atom. The molecular formula is C18H29FIN3O2S. The largest absolute Gasteiger partial charge is 0.356 e. The average Bonchev–Trinajstić information content (AvgIpc) is 2.95. The van der Waals surface area contributed by atoms with Gasteiger partial charge in [0.05, 0.1) is 5.75 Å². The Hall–Kier alpha value is -0.900. The Morgan fingerprint density at radius 3 is 2.46 bits per heavy atom. The van der Waals surface area contributed by atoms with Crippen LogP contribution >= 0.6 is 24.0 Å². The van der Waals surface area contributed by atoms with E-state index in [4.69, 9.17) is 0 Å². The zero-order valence-corrected chi connectivity index (χ0v) is 18.8. The molecule has 2 N–H and O–H groups in total. The van der Waals surface area contributed by atoms with E-state index in [1.54, 1.807) is 7.05 Å². The van der Waals surface area contributed by atoms with Crippen molar-refractivity contribution in [3.63, 3.8) is 0 Å². The van der Waals surface area contributed by atoms with Gasteiger partial charge >= 0.3 is 0 Å². The molecule has 148 valence electrons. The third-order valence-electron chi connectivity index (χ3n) is 4.75. The van der Waals surface area contributed by atoms with Gasteiger partial charge in [0.25, 0.3) is 0 Å². The van der Waals surface area contributed by atoms with E-state index in [-0.39, 0.29) is 41.0 Å². The molecule has 5 nitrogen and oxygen atoms in total. The van der Waals surface area contributed by atoms with Gasteiger partial charge in [-0.05, 0) is 41.5 Å². The molecule has 8 heteroatoms. The summed E-state index contributed by atoms with van der Waals surface area (Å²) in [5.74, 6) is 0.159.